The number of hydrogen-bond donors (Lipinski definition) is 0. The van der Waals surface area contributed by atoms with E-state index < -0.39 is 0 Å². The van der Waals surface area contributed by atoms with Crippen LogP contribution in [0.5, 0.6) is 0 Å². The molecule has 0 fully saturated rings. The van der Waals surface area contributed by atoms with Gasteiger partial charge in [0.25, 0.3) is 0 Å². The zero-order valence-corrected chi connectivity index (χ0v) is 10.3. The first kappa shape index (κ1) is 11.5. The number of aromatic nitrogens is 2. The molecule has 0 atom stereocenters. The van der Waals surface area contributed by atoms with E-state index in [2.05, 4.69) is 10.2 Å². The van der Waals surface area contributed by atoms with Gasteiger partial charge in [-0.2, -0.15) is 0 Å². The van der Waals surface area contributed by atoms with Crippen LogP contribution in [0, 0.1) is 12.7 Å². The largest absolute Gasteiger partial charge is 0.206 e. The van der Waals surface area contributed by atoms with Gasteiger partial charge in [-0.05, 0) is 18.6 Å². The monoisotopic (exact) mass is 256 g/mol. The number of halogens is 2. The van der Waals surface area contributed by atoms with Crippen molar-refractivity contribution in [3.8, 4) is 10.6 Å². The summed E-state index contributed by atoms with van der Waals surface area (Å²) >= 11 is 7.00. The van der Waals surface area contributed by atoms with Crippen molar-refractivity contribution in [2.75, 3.05) is 5.88 Å². The van der Waals surface area contributed by atoms with E-state index in [4.69, 9.17) is 11.6 Å². The molecule has 0 amide bonds. The van der Waals surface area contributed by atoms with Gasteiger partial charge < -0.3 is 0 Å². The van der Waals surface area contributed by atoms with Gasteiger partial charge in [-0.3, -0.25) is 0 Å². The Morgan fingerprint density at radius 2 is 2.19 bits per heavy atom. The molecule has 0 unspecified atom stereocenters. The molecular formula is C11H10ClFN2S. The number of aryl methyl sites for hydroxylation is 2. The van der Waals surface area contributed by atoms with Crippen molar-refractivity contribution in [1.82, 2.24) is 10.2 Å². The molecule has 1 aromatic heterocycles. The van der Waals surface area contributed by atoms with E-state index in [0.717, 1.165) is 5.01 Å². The first-order chi connectivity index (χ1) is 7.72. The molecule has 0 saturated heterocycles. The van der Waals surface area contributed by atoms with Crippen LogP contribution in [0.15, 0.2) is 18.2 Å². The molecule has 0 radical (unpaired) electrons. The molecule has 84 valence electrons. The third-order valence-corrected chi connectivity index (χ3v) is 3.40. The standard InChI is InChI=1S/C11H10ClFN2S/c1-7-3-2-4-8(10(7)13)11-15-14-9(16-11)5-6-12/h2-4H,5-6H2,1H3. The Labute approximate surface area is 102 Å². The summed E-state index contributed by atoms with van der Waals surface area (Å²) in [5, 5.41) is 9.40. The van der Waals surface area contributed by atoms with E-state index >= 15 is 0 Å². The summed E-state index contributed by atoms with van der Waals surface area (Å²) in [6, 6.07) is 5.27. The molecule has 0 aliphatic heterocycles. The minimum Gasteiger partial charge on any atom is -0.206 e. The highest BCUT2D eigenvalue weighted by Crippen LogP contribution is 2.27. The minimum absolute atomic E-state index is 0.226. The summed E-state index contributed by atoms with van der Waals surface area (Å²) in [7, 11) is 0. The van der Waals surface area contributed by atoms with Crippen LogP contribution in [-0.4, -0.2) is 16.1 Å². The van der Waals surface area contributed by atoms with Gasteiger partial charge in [0.15, 0.2) is 5.01 Å². The maximum atomic E-state index is 13.8. The molecule has 16 heavy (non-hydrogen) atoms. The van der Waals surface area contributed by atoms with Crippen molar-refractivity contribution >= 4 is 22.9 Å². The van der Waals surface area contributed by atoms with Crippen molar-refractivity contribution in [3.63, 3.8) is 0 Å². The maximum Gasteiger partial charge on any atom is 0.150 e. The fourth-order valence-electron chi connectivity index (χ4n) is 1.36. The highest BCUT2D eigenvalue weighted by Gasteiger charge is 2.12. The van der Waals surface area contributed by atoms with Crippen LogP contribution in [0.25, 0.3) is 10.6 Å². The van der Waals surface area contributed by atoms with Gasteiger partial charge in [-0.15, -0.1) is 21.8 Å². The fraction of sp³-hybridized carbons (Fsp3) is 0.273. The number of rotatable bonds is 3. The van der Waals surface area contributed by atoms with Crippen LogP contribution in [-0.2, 0) is 6.42 Å². The smallest absolute Gasteiger partial charge is 0.150 e. The summed E-state index contributed by atoms with van der Waals surface area (Å²) in [4.78, 5) is 0. The average molecular weight is 257 g/mol. The van der Waals surface area contributed by atoms with Gasteiger partial charge >= 0.3 is 0 Å². The van der Waals surface area contributed by atoms with Crippen molar-refractivity contribution in [1.29, 1.82) is 0 Å². The van der Waals surface area contributed by atoms with Crippen LogP contribution < -0.4 is 0 Å². The predicted molar refractivity (Wildman–Crippen MR) is 64.5 cm³/mol. The van der Waals surface area contributed by atoms with Crippen molar-refractivity contribution in [3.05, 3.63) is 34.6 Å². The highest BCUT2D eigenvalue weighted by molar-refractivity contribution is 7.14. The van der Waals surface area contributed by atoms with Gasteiger partial charge in [0.1, 0.15) is 10.8 Å². The molecule has 1 aromatic carbocycles. The molecule has 0 saturated carbocycles. The third kappa shape index (κ3) is 2.23. The van der Waals surface area contributed by atoms with Crippen LogP contribution in [0.2, 0.25) is 0 Å². The molecule has 0 aliphatic rings. The summed E-state index contributed by atoms with van der Waals surface area (Å²) in [5.41, 5.74) is 1.13. The zero-order chi connectivity index (χ0) is 11.5. The Hall–Kier alpha value is -1.00. The molecule has 0 N–H and O–H groups in total. The van der Waals surface area contributed by atoms with E-state index in [1.807, 2.05) is 6.07 Å². The molecule has 0 aliphatic carbocycles. The van der Waals surface area contributed by atoms with E-state index in [1.165, 1.54) is 11.3 Å². The lowest BCUT2D eigenvalue weighted by atomic mass is 10.1. The Morgan fingerprint density at radius 3 is 2.94 bits per heavy atom. The fourth-order valence-corrected chi connectivity index (χ4v) is 2.51. The lowest BCUT2D eigenvalue weighted by Gasteiger charge is -2.00. The molecule has 2 aromatic rings. The minimum atomic E-state index is -0.226. The molecule has 5 heteroatoms. The first-order valence-corrected chi connectivity index (χ1v) is 6.21. The van der Waals surface area contributed by atoms with Gasteiger partial charge in [0, 0.05) is 17.9 Å². The van der Waals surface area contributed by atoms with Gasteiger partial charge in [-0.1, -0.05) is 23.5 Å². The predicted octanol–water partition coefficient (Wildman–Crippen LogP) is 3.43. The van der Waals surface area contributed by atoms with E-state index in [-0.39, 0.29) is 5.82 Å². The van der Waals surface area contributed by atoms with Crippen LogP contribution in [0.1, 0.15) is 10.6 Å². The van der Waals surface area contributed by atoms with Crippen molar-refractivity contribution in [2.24, 2.45) is 0 Å². The zero-order valence-electron chi connectivity index (χ0n) is 8.70. The lowest BCUT2D eigenvalue weighted by molar-refractivity contribution is 0.621. The van der Waals surface area contributed by atoms with Crippen LogP contribution in [0.4, 0.5) is 4.39 Å². The summed E-state index contributed by atoms with van der Waals surface area (Å²) in [6.07, 6.45) is 0.673. The second-order valence-corrected chi connectivity index (χ2v) is 4.82. The Bertz CT molecular complexity index is 498. The molecule has 0 spiro atoms. The lowest BCUT2D eigenvalue weighted by Crippen LogP contribution is -1.87. The second kappa shape index (κ2) is 4.89. The van der Waals surface area contributed by atoms with Crippen LogP contribution >= 0.6 is 22.9 Å². The summed E-state index contributed by atoms with van der Waals surface area (Å²) in [5.74, 6) is 0.279. The Morgan fingerprint density at radius 1 is 1.38 bits per heavy atom. The number of hydrogen-bond acceptors (Lipinski definition) is 3. The third-order valence-electron chi connectivity index (χ3n) is 2.20. The molecule has 0 bridgehead atoms. The molecule has 2 nitrogen and oxygen atoms in total. The molecule has 1 heterocycles. The topological polar surface area (TPSA) is 25.8 Å². The molecular weight excluding hydrogens is 247 g/mol. The van der Waals surface area contributed by atoms with Crippen LogP contribution in [0.3, 0.4) is 0 Å². The van der Waals surface area contributed by atoms with Gasteiger partial charge in [0.05, 0.1) is 0 Å². The highest BCUT2D eigenvalue weighted by atomic mass is 35.5. The second-order valence-electron chi connectivity index (χ2n) is 3.38. The number of alkyl halides is 1. The van der Waals surface area contributed by atoms with E-state index in [0.29, 0.717) is 28.4 Å². The van der Waals surface area contributed by atoms with Gasteiger partial charge in [-0.25, -0.2) is 4.39 Å². The summed E-state index contributed by atoms with van der Waals surface area (Å²) < 4.78 is 13.8. The molecule has 2 rings (SSSR count). The Balaban J connectivity index is 2.39. The number of nitrogens with zero attached hydrogens (tertiary/aromatic N) is 2. The Kier molecular flexibility index (Phi) is 3.51. The summed E-state index contributed by atoms with van der Waals surface area (Å²) in [6.45, 7) is 1.74. The van der Waals surface area contributed by atoms with E-state index in [1.54, 1.807) is 19.1 Å². The normalized spacial score (nSPS) is 10.7. The quantitative estimate of drug-likeness (QED) is 0.787. The van der Waals surface area contributed by atoms with E-state index in [9.17, 15) is 4.39 Å². The first-order valence-electron chi connectivity index (χ1n) is 4.86. The maximum absolute atomic E-state index is 13.8. The number of benzene rings is 1. The van der Waals surface area contributed by atoms with Crippen molar-refractivity contribution in [2.45, 2.75) is 13.3 Å². The average Bonchev–Trinajstić information content (AvgIpc) is 2.71. The van der Waals surface area contributed by atoms with Gasteiger partial charge in [0.2, 0.25) is 0 Å². The SMILES string of the molecule is Cc1cccc(-c2nnc(CCCl)s2)c1F. The van der Waals surface area contributed by atoms with Crippen molar-refractivity contribution < 1.29 is 4.39 Å².